The maximum atomic E-state index is 9.23. The third-order valence-corrected chi connectivity index (χ3v) is 4.85. The summed E-state index contributed by atoms with van der Waals surface area (Å²) in [6, 6.07) is 4.48. The van der Waals surface area contributed by atoms with E-state index in [0.717, 1.165) is 22.8 Å². The predicted octanol–water partition coefficient (Wildman–Crippen LogP) is 2.75. The van der Waals surface area contributed by atoms with E-state index in [1.165, 1.54) is 24.3 Å². The Morgan fingerprint density at radius 1 is 1.48 bits per heavy atom. The standard InChI is InChI=1S/C15H21N3O2S/c1-11-13(2-7-20-11)14-10-15(18(17-14)5-6-19)16-12-3-8-21-9-4-12/h2,7,10,12,16,19H,3-6,8-9H2,1H3. The number of rotatable bonds is 5. The van der Waals surface area contributed by atoms with E-state index in [4.69, 9.17) is 4.42 Å². The summed E-state index contributed by atoms with van der Waals surface area (Å²) < 4.78 is 7.21. The van der Waals surface area contributed by atoms with E-state index in [0.29, 0.717) is 12.6 Å². The van der Waals surface area contributed by atoms with Gasteiger partial charge in [0.2, 0.25) is 0 Å². The van der Waals surface area contributed by atoms with Crippen LogP contribution in [0.3, 0.4) is 0 Å². The van der Waals surface area contributed by atoms with E-state index < -0.39 is 0 Å². The van der Waals surface area contributed by atoms with E-state index in [1.807, 2.05) is 29.4 Å². The molecule has 1 saturated heterocycles. The molecule has 0 saturated carbocycles. The number of nitrogens with one attached hydrogen (secondary N) is 1. The highest BCUT2D eigenvalue weighted by Crippen LogP contribution is 2.27. The molecule has 0 radical (unpaired) electrons. The minimum absolute atomic E-state index is 0.0840. The van der Waals surface area contributed by atoms with Crippen LogP contribution in [-0.2, 0) is 6.54 Å². The zero-order chi connectivity index (χ0) is 14.7. The molecule has 2 aromatic rings. The number of hydrogen-bond donors (Lipinski definition) is 2. The predicted molar refractivity (Wildman–Crippen MR) is 85.7 cm³/mol. The van der Waals surface area contributed by atoms with E-state index >= 15 is 0 Å². The summed E-state index contributed by atoms with van der Waals surface area (Å²) in [5.74, 6) is 4.26. The average Bonchev–Trinajstić information content (AvgIpc) is 3.07. The molecule has 21 heavy (non-hydrogen) atoms. The third-order valence-electron chi connectivity index (χ3n) is 3.80. The number of hydrogen-bond acceptors (Lipinski definition) is 5. The number of anilines is 1. The first-order chi connectivity index (χ1) is 10.3. The Morgan fingerprint density at radius 3 is 2.95 bits per heavy atom. The van der Waals surface area contributed by atoms with E-state index in [9.17, 15) is 5.11 Å². The Kier molecular flexibility index (Phi) is 4.55. The molecular weight excluding hydrogens is 286 g/mol. The average molecular weight is 307 g/mol. The summed E-state index contributed by atoms with van der Waals surface area (Å²) in [5, 5.41) is 17.4. The van der Waals surface area contributed by atoms with Crippen molar-refractivity contribution in [2.75, 3.05) is 23.4 Å². The molecule has 1 aliphatic rings. The van der Waals surface area contributed by atoms with Crippen LogP contribution in [0.1, 0.15) is 18.6 Å². The maximum Gasteiger partial charge on any atom is 0.125 e. The molecule has 0 atom stereocenters. The lowest BCUT2D eigenvalue weighted by molar-refractivity contribution is 0.270. The van der Waals surface area contributed by atoms with Crippen LogP contribution in [0.5, 0.6) is 0 Å². The normalized spacial score (nSPS) is 16.3. The highest BCUT2D eigenvalue weighted by Gasteiger charge is 2.18. The molecule has 6 heteroatoms. The molecule has 2 aromatic heterocycles. The van der Waals surface area contributed by atoms with Gasteiger partial charge in [0.05, 0.1) is 25.1 Å². The molecule has 1 fully saturated rings. The second-order valence-corrected chi connectivity index (χ2v) is 6.51. The molecular formula is C15H21N3O2S. The van der Waals surface area contributed by atoms with Crippen LogP contribution in [0.25, 0.3) is 11.3 Å². The SMILES string of the molecule is Cc1occc1-c1cc(NC2CCSCC2)n(CCO)n1. The van der Waals surface area contributed by atoms with Gasteiger partial charge in [0, 0.05) is 17.7 Å². The van der Waals surface area contributed by atoms with Crippen molar-refractivity contribution in [1.29, 1.82) is 0 Å². The topological polar surface area (TPSA) is 63.2 Å². The molecule has 3 heterocycles. The fourth-order valence-electron chi connectivity index (χ4n) is 2.63. The van der Waals surface area contributed by atoms with Gasteiger partial charge in [-0.05, 0) is 37.3 Å². The van der Waals surface area contributed by atoms with Gasteiger partial charge in [-0.2, -0.15) is 16.9 Å². The van der Waals surface area contributed by atoms with Crippen LogP contribution in [-0.4, -0.2) is 39.0 Å². The number of aliphatic hydroxyl groups is 1. The molecule has 1 aliphatic heterocycles. The zero-order valence-electron chi connectivity index (χ0n) is 12.2. The Labute approximate surface area is 128 Å². The molecule has 0 aromatic carbocycles. The molecule has 3 rings (SSSR count). The quantitative estimate of drug-likeness (QED) is 0.889. The van der Waals surface area contributed by atoms with Gasteiger partial charge in [-0.25, -0.2) is 4.68 Å². The second-order valence-electron chi connectivity index (χ2n) is 5.28. The minimum atomic E-state index is 0.0840. The van der Waals surface area contributed by atoms with Gasteiger partial charge in [0.1, 0.15) is 11.6 Å². The second kappa shape index (κ2) is 6.58. The first kappa shape index (κ1) is 14.5. The van der Waals surface area contributed by atoms with Crippen LogP contribution >= 0.6 is 11.8 Å². The first-order valence-corrected chi connectivity index (χ1v) is 8.51. The zero-order valence-corrected chi connectivity index (χ0v) is 13.0. The highest BCUT2D eigenvalue weighted by molar-refractivity contribution is 7.99. The summed E-state index contributed by atoms with van der Waals surface area (Å²) in [4.78, 5) is 0. The summed E-state index contributed by atoms with van der Waals surface area (Å²) in [7, 11) is 0. The number of aliphatic hydroxyl groups excluding tert-OH is 1. The van der Waals surface area contributed by atoms with Crippen LogP contribution < -0.4 is 5.32 Å². The Bertz CT molecular complexity index is 588. The van der Waals surface area contributed by atoms with Gasteiger partial charge in [-0.3, -0.25) is 0 Å². The van der Waals surface area contributed by atoms with Crippen LogP contribution in [0.2, 0.25) is 0 Å². The summed E-state index contributed by atoms with van der Waals surface area (Å²) in [6.45, 7) is 2.52. The Balaban J connectivity index is 1.84. The van der Waals surface area contributed by atoms with Crippen molar-refractivity contribution in [3.8, 4) is 11.3 Å². The van der Waals surface area contributed by atoms with Crippen molar-refractivity contribution >= 4 is 17.6 Å². The van der Waals surface area contributed by atoms with Gasteiger partial charge < -0.3 is 14.8 Å². The molecule has 0 unspecified atom stereocenters. The first-order valence-electron chi connectivity index (χ1n) is 7.35. The molecule has 0 bridgehead atoms. The Morgan fingerprint density at radius 2 is 2.29 bits per heavy atom. The van der Waals surface area contributed by atoms with Crippen molar-refractivity contribution in [2.24, 2.45) is 0 Å². The van der Waals surface area contributed by atoms with Crippen molar-refractivity contribution in [2.45, 2.75) is 32.4 Å². The Hall–Kier alpha value is -1.40. The van der Waals surface area contributed by atoms with Crippen molar-refractivity contribution in [1.82, 2.24) is 9.78 Å². The van der Waals surface area contributed by atoms with Crippen molar-refractivity contribution in [3.05, 3.63) is 24.2 Å². The molecule has 2 N–H and O–H groups in total. The van der Waals surface area contributed by atoms with Crippen LogP contribution in [0, 0.1) is 6.92 Å². The molecule has 0 aliphatic carbocycles. The van der Waals surface area contributed by atoms with E-state index in [-0.39, 0.29) is 6.61 Å². The summed E-state index contributed by atoms with van der Waals surface area (Å²) in [5.41, 5.74) is 1.90. The highest BCUT2D eigenvalue weighted by atomic mass is 32.2. The van der Waals surface area contributed by atoms with Crippen LogP contribution in [0.15, 0.2) is 22.8 Å². The summed E-state index contributed by atoms with van der Waals surface area (Å²) in [6.07, 6.45) is 4.03. The minimum Gasteiger partial charge on any atom is -0.469 e. The number of aryl methyl sites for hydroxylation is 1. The lowest BCUT2D eigenvalue weighted by atomic mass is 10.1. The largest absolute Gasteiger partial charge is 0.469 e. The van der Waals surface area contributed by atoms with E-state index in [1.54, 1.807) is 6.26 Å². The molecule has 0 spiro atoms. The number of nitrogens with zero attached hydrogens (tertiary/aromatic N) is 2. The monoisotopic (exact) mass is 307 g/mol. The lowest BCUT2D eigenvalue weighted by Crippen LogP contribution is -2.26. The number of thioether (sulfide) groups is 1. The fourth-order valence-corrected chi connectivity index (χ4v) is 3.74. The number of aromatic nitrogens is 2. The summed E-state index contributed by atoms with van der Waals surface area (Å²) >= 11 is 2.01. The maximum absolute atomic E-state index is 9.23. The number of furan rings is 1. The van der Waals surface area contributed by atoms with Gasteiger partial charge in [-0.15, -0.1) is 0 Å². The van der Waals surface area contributed by atoms with Gasteiger partial charge >= 0.3 is 0 Å². The molecule has 114 valence electrons. The van der Waals surface area contributed by atoms with Gasteiger partial charge in [0.15, 0.2) is 0 Å². The smallest absolute Gasteiger partial charge is 0.125 e. The van der Waals surface area contributed by atoms with Gasteiger partial charge in [0.25, 0.3) is 0 Å². The van der Waals surface area contributed by atoms with Crippen molar-refractivity contribution < 1.29 is 9.52 Å². The van der Waals surface area contributed by atoms with Gasteiger partial charge in [-0.1, -0.05) is 0 Å². The van der Waals surface area contributed by atoms with Crippen LogP contribution in [0.4, 0.5) is 5.82 Å². The van der Waals surface area contributed by atoms with E-state index in [2.05, 4.69) is 16.5 Å². The van der Waals surface area contributed by atoms with Crippen molar-refractivity contribution in [3.63, 3.8) is 0 Å². The molecule has 0 amide bonds. The lowest BCUT2D eigenvalue weighted by Gasteiger charge is -2.23. The molecule has 5 nitrogen and oxygen atoms in total. The fraction of sp³-hybridized carbons (Fsp3) is 0.533. The third kappa shape index (κ3) is 3.27.